The van der Waals surface area contributed by atoms with Crippen molar-refractivity contribution in [1.82, 2.24) is 19.7 Å². The molecule has 0 saturated heterocycles. The highest BCUT2D eigenvalue weighted by atomic mass is 16.1. The third kappa shape index (κ3) is 2.84. The molecule has 0 aliphatic rings. The van der Waals surface area contributed by atoms with Crippen LogP contribution in [-0.4, -0.2) is 19.7 Å². The van der Waals surface area contributed by atoms with Crippen molar-refractivity contribution in [2.45, 2.75) is 6.54 Å². The van der Waals surface area contributed by atoms with Crippen LogP contribution in [0.15, 0.2) is 53.7 Å². The van der Waals surface area contributed by atoms with Gasteiger partial charge in [0, 0.05) is 32.2 Å². The molecule has 0 aliphatic carbocycles. The Bertz CT molecular complexity index is 775. The van der Waals surface area contributed by atoms with Crippen molar-refractivity contribution in [1.29, 1.82) is 0 Å². The van der Waals surface area contributed by atoms with E-state index in [9.17, 15) is 4.79 Å². The van der Waals surface area contributed by atoms with Gasteiger partial charge in [-0.15, -0.1) is 0 Å². The van der Waals surface area contributed by atoms with E-state index in [1.807, 2.05) is 30.3 Å². The molecule has 0 spiro atoms. The third-order valence-corrected chi connectivity index (χ3v) is 3.24. The van der Waals surface area contributed by atoms with Crippen LogP contribution in [-0.2, 0) is 13.6 Å². The van der Waals surface area contributed by atoms with E-state index >= 15 is 0 Å². The summed E-state index contributed by atoms with van der Waals surface area (Å²) in [5.41, 5.74) is 3.00. The number of anilines is 1. The molecule has 6 heteroatoms. The van der Waals surface area contributed by atoms with Crippen molar-refractivity contribution in [3.63, 3.8) is 0 Å². The van der Waals surface area contributed by atoms with Gasteiger partial charge in [-0.05, 0) is 17.2 Å². The van der Waals surface area contributed by atoms with Crippen LogP contribution in [0.1, 0.15) is 5.56 Å². The molecule has 21 heavy (non-hydrogen) atoms. The maximum absolute atomic E-state index is 11.8. The zero-order valence-corrected chi connectivity index (χ0v) is 11.6. The van der Waals surface area contributed by atoms with Crippen LogP contribution in [0, 0.1) is 0 Å². The van der Waals surface area contributed by atoms with E-state index in [1.165, 1.54) is 4.57 Å². The number of benzene rings is 1. The predicted molar refractivity (Wildman–Crippen MR) is 80.8 cm³/mol. The maximum Gasteiger partial charge on any atom is 0.293 e. The summed E-state index contributed by atoms with van der Waals surface area (Å²) in [7, 11) is 1.70. The summed E-state index contributed by atoms with van der Waals surface area (Å²) >= 11 is 0. The number of rotatable bonds is 4. The zero-order valence-electron chi connectivity index (χ0n) is 11.6. The van der Waals surface area contributed by atoms with Gasteiger partial charge >= 0.3 is 0 Å². The quantitative estimate of drug-likeness (QED) is 0.764. The smallest absolute Gasteiger partial charge is 0.293 e. The van der Waals surface area contributed by atoms with Crippen molar-refractivity contribution in [3.8, 4) is 11.3 Å². The number of nitrogens with zero attached hydrogens (tertiary/aromatic N) is 3. The van der Waals surface area contributed by atoms with Crippen molar-refractivity contribution < 1.29 is 0 Å². The van der Waals surface area contributed by atoms with Crippen molar-refractivity contribution in [2.24, 2.45) is 7.05 Å². The molecule has 0 saturated carbocycles. The molecule has 0 unspecified atom stereocenters. The van der Waals surface area contributed by atoms with Gasteiger partial charge in [0.25, 0.3) is 5.56 Å². The van der Waals surface area contributed by atoms with E-state index < -0.39 is 0 Å². The lowest BCUT2D eigenvalue weighted by atomic mass is 10.1. The van der Waals surface area contributed by atoms with E-state index in [-0.39, 0.29) is 5.56 Å². The number of aromatic amines is 1. The van der Waals surface area contributed by atoms with Crippen molar-refractivity contribution >= 4 is 5.82 Å². The molecule has 0 bridgehead atoms. The van der Waals surface area contributed by atoms with Crippen LogP contribution in [0.5, 0.6) is 0 Å². The molecular weight excluding hydrogens is 266 g/mol. The molecule has 0 amide bonds. The van der Waals surface area contributed by atoms with Gasteiger partial charge in [-0.1, -0.05) is 24.3 Å². The number of hydrogen-bond acceptors (Lipinski definition) is 4. The molecule has 106 valence electrons. The molecule has 2 aromatic heterocycles. The summed E-state index contributed by atoms with van der Waals surface area (Å²) in [5.74, 6) is 0.359. The summed E-state index contributed by atoms with van der Waals surface area (Å²) in [6.45, 7) is 0.551. The van der Waals surface area contributed by atoms with Gasteiger partial charge in [-0.25, -0.2) is 4.98 Å². The Hall–Kier alpha value is -2.89. The Labute approximate surface area is 121 Å². The molecule has 3 aromatic rings. The van der Waals surface area contributed by atoms with Crippen LogP contribution in [0.3, 0.4) is 0 Å². The molecule has 0 atom stereocenters. The summed E-state index contributed by atoms with van der Waals surface area (Å²) in [6.07, 6.45) is 4.96. The fourth-order valence-corrected chi connectivity index (χ4v) is 2.02. The minimum absolute atomic E-state index is 0.133. The number of aryl methyl sites for hydroxylation is 1. The summed E-state index contributed by atoms with van der Waals surface area (Å²) < 4.78 is 1.50. The highest BCUT2D eigenvalue weighted by molar-refractivity contribution is 5.58. The highest BCUT2D eigenvalue weighted by Gasteiger charge is 2.03. The number of H-pyrrole nitrogens is 1. The normalized spacial score (nSPS) is 10.5. The fourth-order valence-electron chi connectivity index (χ4n) is 2.02. The summed E-state index contributed by atoms with van der Waals surface area (Å²) in [4.78, 5) is 15.9. The van der Waals surface area contributed by atoms with Gasteiger partial charge in [-0.3, -0.25) is 9.89 Å². The van der Waals surface area contributed by atoms with Gasteiger partial charge in [-0.2, -0.15) is 5.10 Å². The molecule has 0 aliphatic heterocycles. The Balaban J connectivity index is 1.71. The number of aromatic nitrogens is 4. The SMILES string of the molecule is Cn1ccnc(NCc2ccc(-c3ccn[nH]3)cc2)c1=O. The Morgan fingerprint density at radius 3 is 2.71 bits per heavy atom. The van der Waals surface area contributed by atoms with Crippen LogP contribution >= 0.6 is 0 Å². The van der Waals surface area contributed by atoms with E-state index in [2.05, 4.69) is 20.5 Å². The van der Waals surface area contributed by atoms with Crippen LogP contribution in [0.25, 0.3) is 11.3 Å². The van der Waals surface area contributed by atoms with Gasteiger partial charge < -0.3 is 9.88 Å². The molecule has 3 rings (SSSR count). The first-order valence-electron chi connectivity index (χ1n) is 6.58. The second-order valence-electron chi connectivity index (χ2n) is 4.71. The third-order valence-electron chi connectivity index (χ3n) is 3.24. The lowest BCUT2D eigenvalue weighted by Gasteiger charge is -2.07. The molecule has 6 nitrogen and oxygen atoms in total. The fraction of sp³-hybridized carbons (Fsp3) is 0.133. The van der Waals surface area contributed by atoms with E-state index in [0.717, 1.165) is 16.8 Å². The summed E-state index contributed by atoms with van der Waals surface area (Å²) in [6, 6.07) is 9.97. The highest BCUT2D eigenvalue weighted by Crippen LogP contribution is 2.16. The van der Waals surface area contributed by atoms with Gasteiger partial charge in [0.05, 0.1) is 5.69 Å². The average molecular weight is 281 g/mol. The molecule has 1 aromatic carbocycles. The van der Waals surface area contributed by atoms with Crippen molar-refractivity contribution in [2.75, 3.05) is 5.32 Å². The summed E-state index contributed by atoms with van der Waals surface area (Å²) in [5, 5.41) is 9.92. The second-order valence-corrected chi connectivity index (χ2v) is 4.71. The van der Waals surface area contributed by atoms with Gasteiger partial charge in [0.1, 0.15) is 0 Å². The molecular formula is C15H15N5O. The Kier molecular flexibility index (Phi) is 3.51. The van der Waals surface area contributed by atoms with Gasteiger partial charge in [0.2, 0.25) is 0 Å². The standard InChI is InChI=1S/C15H15N5O/c1-20-9-8-16-14(15(20)21)17-10-11-2-4-12(5-3-11)13-6-7-18-19-13/h2-9H,10H2,1H3,(H,16,17)(H,18,19). The van der Waals surface area contributed by atoms with Gasteiger partial charge in [0.15, 0.2) is 5.82 Å². The predicted octanol–water partition coefficient (Wildman–Crippen LogP) is 1.78. The zero-order chi connectivity index (χ0) is 14.7. The van der Waals surface area contributed by atoms with E-state index in [1.54, 1.807) is 25.6 Å². The lowest BCUT2D eigenvalue weighted by molar-refractivity contribution is 0.839. The van der Waals surface area contributed by atoms with Crippen LogP contribution < -0.4 is 10.9 Å². The van der Waals surface area contributed by atoms with Crippen LogP contribution in [0.4, 0.5) is 5.82 Å². The number of nitrogens with one attached hydrogen (secondary N) is 2. The average Bonchev–Trinajstić information content (AvgIpc) is 3.04. The monoisotopic (exact) mass is 281 g/mol. The number of hydrogen-bond donors (Lipinski definition) is 2. The molecule has 0 radical (unpaired) electrons. The maximum atomic E-state index is 11.8. The molecule has 0 fully saturated rings. The lowest BCUT2D eigenvalue weighted by Crippen LogP contribution is -2.21. The molecule has 2 N–H and O–H groups in total. The Morgan fingerprint density at radius 2 is 2.00 bits per heavy atom. The molecule has 2 heterocycles. The minimum atomic E-state index is -0.133. The first kappa shape index (κ1) is 13.1. The second kappa shape index (κ2) is 5.62. The first-order valence-corrected chi connectivity index (χ1v) is 6.58. The first-order chi connectivity index (χ1) is 10.2. The van der Waals surface area contributed by atoms with E-state index in [4.69, 9.17) is 0 Å². The Morgan fingerprint density at radius 1 is 1.19 bits per heavy atom. The van der Waals surface area contributed by atoms with E-state index in [0.29, 0.717) is 12.4 Å². The van der Waals surface area contributed by atoms with Crippen molar-refractivity contribution in [3.05, 3.63) is 64.8 Å². The van der Waals surface area contributed by atoms with Crippen LogP contribution in [0.2, 0.25) is 0 Å². The topological polar surface area (TPSA) is 75.6 Å². The largest absolute Gasteiger partial charge is 0.361 e. The minimum Gasteiger partial charge on any atom is -0.361 e.